The number of aliphatic imine (C=N–C) groups is 1. The minimum Gasteiger partial charge on any atom is -0.493 e. The van der Waals surface area contributed by atoms with Crippen molar-refractivity contribution in [1.29, 1.82) is 0 Å². The molecule has 8 nitrogen and oxygen atoms in total. The van der Waals surface area contributed by atoms with Gasteiger partial charge >= 0.3 is 0 Å². The van der Waals surface area contributed by atoms with Crippen LogP contribution in [0.15, 0.2) is 35.3 Å². The largest absolute Gasteiger partial charge is 0.493 e. The van der Waals surface area contributed by atoms with Crippen molar-refractivity contribution in [1.82, 2.24) is 4.90 Å². The van der Waals surface area contributed by atoms with E-state index in [1.54, 1.807) is 13.4 Å². The molecule has 0 aromatic heterocycles. The number of benzene rings is 2. The third-order valence-corrected chi connectivity index (χ3v) is 4.91. The van der Waals surface area contributed by atoms with Gasteiger partial charge in [0.15, 0.2) is 23.0 Å². The maximum absolute atomic E-state index is 6.58. The van der Waals surface area contributed by atoms with Crippen LogP contribution in [0.1, 0.15) is 18.2 Å². The van der Waals surface area contributed by atoms with Gasteiger partial charge in [-0.2, -0.15) is 0 Å². The fraction of sp³-hybridized carbons (Fsp3) is 0.381. The summed E-state index contributed by atoms with van der Waals surface area (Å²) < 4.78 is 22.6. The van der Waals surface area contributed by atoms with E-state index in [2.05, 4.69) is 9.89 Å². The Balaban J connectivity index is 1.59. The molecule has 2 aromatic rings. The van der Waals surface area contributed by atoms with E-state index in [1.807, 2.05) is 49.3 Å². The van der Waals surface area contributed by atoms with Crippen molar-refractivity contribution >= 4 is 17.7 Å². The maximum atomic E-state index is 6.58. The highest BCUT2D eigenvalue weighted by atomic mass is 16.7. The first-order valence-electron chi connectivity index (χ1n) is 9.54. The molecule has 1 atom stereocenters. The van der Waals surface area contributed by atoms with Crippen molar-refractivity contribution in [3.63, 3.8) is 0 Å². The predicted octanol–water partition coefficient (Wildman–Crippen LogP) is 2.89. The molecule has 0 aliphatic carbocycles. The van der Waals surface area contributed by atoms with Crippen LogP contribution in [0.3, 0.4) is 0 Å². The Bertz CT molecular complexity index is 916. The quantitative estimate of drug-likeness (QED) is 0.718. The summed E-state index contributed by atoms with van der Waals surface area (Å²) in [6, 6.07) is 9.49. The highest BCUT2D eigenvalue weighted by molar-refractivity contribution is 5.89. The van der Waals surface area contributed by atoms with E-state index in [-0.39, 0.29) is 6.79 Å². The van der Waals surface area contributed by atoms with Crippen molar-refractivity contribution in [2.45, 2.75) is 12.6 Å². The predicted molar refractivity (Wildman–Crippen MR) is 112 cm³/mol. The molecule has 0 radical (unpaired) electrons. The summed E-state index contributed by atoms with van der Waals surface area (Å²) in [7, 11) is 5.71. The Morgan fingerprint density at radius 1 is 1.24 bits per heavy atom. The van der Waals surface area contributed by atoms with E-state index in [4.69, 9.17) is 24.7 Å². The Kier molecular flexibility index (Phi) is 5.46. The topological polar surface area (TPSA) is 81.8 Å². The van der Waals surface area contributed by atoms with E-state index in [0.717, 1.165) is 29.9 Å². The molecular weight excluding hydrogens is 372 g/mol. The molecule has 2 heterocycles. The van der Waals surface area contributed by atoms with Crippen LogP contribution in [0.25, 0.3) is 0 Å². The number of ether oxygens (including phenoxy) is 4. The number of hydrogen-bond donors (Lipinski definition) is 1. The molecule has 2 aliphatic heterocycles. The molecule has 0 saturated heterocycles. The van der Waals surface area contributed by atoms with Crippen molar-refractivity contribution in [3.8, 4) is 23.0 Å². The van der Waals surface area contributed by atoms with Crippen LogP contribution in [-0.4, -0.2) is 52.4 Å². The van der Waals surface area contributed by atoms with Gasteiger partial charge < -0.3 is 34.5 Å². The fourth-order valence-corrected chi connectivity index (χ4v) is 3.43. The van der Waals surface area contributed by atoms with Gasteiger partial charge in [0.25, 0.3) is 0 Å². The summed E-state index contributed by atoms with van der Waals surface area (Å²) in [4.78, 5) is 8.59. The average Bonchev–Trinajstić information content (AvgIpc) is 3.20. The highest BCUT2D eigenvalue weighted by Crippen LogP contribution is 2.46. The zero-order valence-corrected chi connectivity index (χ0v) is 16.9. The lowest BCUT2D eigenvalue weighted by Crippen LogP contribution is -2.35. The number of hydrogen-bond acceptors (Lipinski definition) is 8. The molecule has 0 saturated carbocycles. The molecule has 0 bridgehead atoms. The van der Waals surface area contributed by atoms with Crippen LogP contribution in [-0.2, 0) is 0 Å². The molecule has 0 spiro atoms. The molecule has 29 heavy (non-hydrogen) atoms. The molecule has 0 fully saturated rings. The second-order valence-corrected chi connectivity index (χ2v) is 7.17. The third kappa shape index (κ3) is 3.81. The average molecular weight is 398 g/mol. The van der Waals surface area contributed by atoms with Crippen LogP contribution in [0, 0.1) is 0 Å². The second kappa shape index (κ2) is 8.18. The summed E-state index contributed by atoms with van der Waals surface area (Å²) >= 11 is 0. The number of rotatable bonds is 7. The van der Waals surface area contributed by atoms with Crippen molar-refractivity contribution in [2.75, 3.05) is 46.0 Å². The van der Waals surface area contributed by atoms with Gasteiger partial charge in [-0.25, -0.2) is 4.99 Å². The summed E-state index contributed by atoms with van der Waals surface area (Å²) in [6.07, 6.45) is 2.19. The molecule has 0 amide bonds. The Morgan fingerprint density at radius 3 is 2.90 bits per heavy atom. The summed E-state index contributed by atoms with van der Waals surface area (Å²) in [5.74, 6) is 2.68. The Morgan fingerprint density at radius 2 is 2.10 bits per heavy atom. The van der Waals surface area contributed by atoms with Gasteiger partial charge in [0.1, 0.15) is 6.17 Å². The minimum atomic E-state index is -0.449. The third-order valence-electron chi connectivity index (χ3n) is 4.91. The lowest BCUT2D eigenvalue weighted by molar-refractivity contribution is 0.174. The highest BCUT2D eigenvalue weighted by Gasteiger charge is 2.29. The van der Waals surface area contributed by atoms with E-state index >= 15 is 0 Å². The van der Waals surface area contributed by atoms with Gasteiger partial charge in [-0.3, -0.25) is 0 Å². The second-order valence-electron chi connectivity index (χ2n) is 7.17. The van der Waals surface area contributed by atoms with E-state index in [9.17, 15) is 0 Å². The van der Waals surface area contributed by atoms with E-state index in [0.29, 0.717) is 29.6 Å². The molecule has 2 aromatic carbocycles. The molecular formula is C21H26N4O4. The van der Waals surface area contributed by atoms with Gasteiger partial charge in [0.05, 0.1) is 31.4 Å². The molecule has 2 aliphatic rings. The number of para-hydroxylation sites is 1. The smallest absolute Gasteiger partial charge is 0.231 e. The first kappa shape index (κ1) is 19.4. The summed E-state index contributed by atoms with van der Waals surface area (Å²) in [5, 5.41) is 0. The van der Waals surface area contributed by atoms with E-state index < -0.39 is 6.17 Å². The molecule has 154 valence electrons. The summed E-state index contributed by atoms with van der Waals surface area (Å²) in [5.41, 5.74) is 9.01. The van der Waals surface area contributed by atoms with Crippen molar-refractivity contribution in [2.24, 2.45) is 10.7 Å². The fourth-order valence-electron chi connectivity index (χ4n) is 3.43. The van der Waals surface area contributed by atoms with Crippen LogP contribution in [0.5, 0.6) is 23.0 Å². The lowest BCUT2D eigenvalue weighted by atomic mass is 10.1. The normalized spacial score (nSPS) is 16.9. The van der Waals surface area contributed by atoms with Crippen LogP contribution < -0.4 is 29.6 Å². The van der Waals surface area contributed by atoms with E-state index in [1.165, 1.54) is 0 Å². The molecule has 8 heteroatoms. The number of nitrogens with two attached hydrogens (primary N) is 1. The molecule has 1 unspecified atom stereocenters. The number of fused-ring (bicyclic) bond motifs is 2. The number of methoxy groups -OCH3 is 1. The molecule has 4 rings (SSSR count). The van der Waals surface area contributed by atoms with Crippen LogP contribution in [0.2, 0.25) is 0 Å². The van der Waals surface area contributed by atoms with Crippen LogP contribution >= 0.6 is 0 Å². The number of nitrogens with zero attached hydrogens (tertiary/aromatic N) is 3. The van der Waals surface area contributed by atoms with Gasteiger partial charge in [-0.1, -0.05) is 6.07 Å². The SMILES string of the molecule is COc1cc2c(cc1OCCCN(C)C)N=CN(c1cccc3c1OCO3)C2N. The van der Waals surface area contributed by atoms with Gasteiger partial charge in [-0.05, 0) is 38.7 Å². The van der Waals surface area contributed by atoms with Crippen molar-refractivity contribution in [3.05, 3.63) is 35.9 Å². The maximum Gasteiger partial charge on any atom is 0.231 e. The first-order chi connectivity index (χ1) is 14.1. The minimum absolute atomic E-state index is 0.200. The Labute approximate surface area is 170 Å². The lowest BCUT2D eigenvalue weighted by Gasteiger charge is -2.32. The Hall–Kier alpha value is -2.97. The van der Waals surface area contributed by atoms with Gasteiger partial charge in [0.2, 0.25) is 6.79 Å². The van der Waals surface area contributed by atoms with Gasteiger partial charge in [-0.15, -0.1) is 0 Å². The number of anilines is 1. The summed E-state index contributed by atoms with van der Waals surface area (Å²) in [6.45, 7) is 1.76. The standard InChI is InChI=1S/C21H26N4O4/c1-24(2)8-5-9-27-19-11-15-14(10-18(19)26-3)21(22)25(12-23-15)16-6-4-7-17-20(16)29-13-28-17/h4,6-7,10-12,21H,5,8-9,13,22H2,1-3H3. The molecule has 2 N–H and O–H groups in total. The zero-order valence-electron chi connectivity index (χ0n) is 16.9. The monoisotopic (exact) mass is 398 g/mol. The van der Waals surface area contributed by atoms with Gasteiger partial charge in [0, 0.05) is 18.2 Å². The zero-order chi connectivity index (χ0) is 20.4. The van der Waals surface area contributed by atoms with Crippen LogP contribution in [0.4, 0.5) is 11.4 Å². The van der Waals surface area contributed by atoms with Crippen molar-refractivity contribution < 1.29 is 18.9 Å². The first-order valence-corrected chi connectivity index (χ1v) is 9.54.